The van der Waals surface area contributed by atoms with Gasteiger partial charge in [0, 0.05) is 39.0 Å². The molecule has 0 aliphatic carbocycles. The highest BCUT2D eigenvalue weighted by atomic mass is 16.5. The normalized spacial score (nSPS) is 18.0. The number of anilines is 1. The maximum atomic E-state index is 9.55. The molecule has 1 aromatic carbocycles. The van der Waals surface area contributed by atoms with Crippen LogP contribution in [-0.2, 0) is 20.7 Å². The summed E-state index contributed by atoms with van der Waals surface area (Å²) in [7, 11) is 1.77. The van der Waals surface area contributed by atoms with Crippen LogP contribution >= 0.6 is 0 Å². The lowest BCUT2D eigenvalue weighted by atomic mass is 9.93. The minimum Gasteiger partial charge on any atom is -0.490 e. The molecule has 0 fully saturated rings. The number of fused-ring (bicyclic) bond motifs is 2. The Labute approximate surface area is 171 Å². The lowest BCUT2D eigenvalue weighted by Crippen LogP contribution is -2.34. The number of hydrogen-bond donors (Lipinski definition) is 3. The molecule has 8 nitrogen and oxygen atoms in total. The van der Waals surface area contributed by atoms with Crippen molar-refractivity contribution in [1.29, 1.82) is 0 Å². The molecule has 8 heteroatoms. The van der Waals surface area contributed by atoms with Gasteiger partial charge < -0.3 is 29.9 Å². The van der Waals surface area contributed by atoms with Gasteiger partial charge in [-0.2, -0.15) is 0 Å². The van der Waals surface area contributed by atoms with Crippen LogP contribution in [0, 0.1) is 0 Å². The average molecular weight is 406 g/mol. The van der Waals surface area contributed by atoms with Crippen LogP contribution in [0.5, 0.6) is 5.75 Å². The van der Waals surface area contributed by atoms with Crippen LogP contribution in [-0.4, -0.2) is 68.7 Å². The first-order chi connectivity index (χ1) is 13.9. The van der Waals surface area contributed by atoms with E-state index in [-0.39, 0.29) is 0 Å². The molecule has 0 saturated carbocycles. The largest absolute Gasteiger partial charge is 0.490 e. The topological polar surface area (TPSA) is 108 Å². The Balaban J connectivity index is 0.000000321. The number of nitrogens with zero attached hydrogens (tertiary/aromatic N) is 1. The summed E-state index contributed by atoms with van der Waals surface area (Å²) < 4.78 is 11.1. The molecule has 2 aliphatic heterocycles. The molecule has 0 bridgehead atoms. The van der Waals surface area contributed by atoms with Crippen molar-refractivity contribution < 1.29 is 29.3 Å². The molecule has 0 spiro atoms. The highest BCUT2D eigenvalue weighted by Crippen LogP contribution is 2.37. The lowest BCUT2D eigenvalue weighted by Gasteiger charge is -2.32. The van der Waals surface area contributed by atoms with E-state index in [2.05, 4.69) is 29.3 Å². The smallest absolute Gasteiger partial charge is 0.328 e. The van der Waals surface area contributed by atoms with E-state index in [0.717, 1.165) is 58.0 Å². The van der Waals surface area contributed by atoms with Gasteiger partial charge >= 0.3 is 11.9 Å². The lowest BCUT2D eigenvalue weighted by molar-refractivity contribution is -0.134. The second kappa shape index (κ2) is 11.4. The van der Waals surface area contributed by atoms with E-state index in [1.165, 1.54) is 16.8 Å². The van der Waals surface area contributed by atoms with E-state index in [1.807, 2.05) is 0 Å². The summed E-state index contributed by atoms with van der Waals surface area (Å²) in [6.07, 6.45) is 3.27. The summed E-state index contributed by atoms with van der Waals surface area (Å²) in [6.45, 7) is 8.05. The number of nitrogens with one attached hydrogen (secondary N) is 1. The number of ether oxygens (including phenoxy) is 2. The highest BCUT2D eigenvalue weighted by molar-refractivity contribution is 5.89. The van der Waals surface area contributed by atoms with Crippen LogP contribution < -0.4 is 15.0 Å². The maximum absolute atomic E-state index is 9.55. The van der Waals surface area contributed by atoms with Crippen LogP contribution in [0.3, 0.4) is 0 Å². The Morgan fingerprint density at radius 2 is 2.03 bits per heavy atom. The van der Waals surface area contributed by atoms with Crippen molar-refractivity contribution in [2.24, 2.45) is 0 Å². The van der Waals surface area contributed by atoms with E-state index < -0.39 is 11.9 Å². The predicted molar refractivity (Wildman–Crippen MR) is 110 cm³/mol. The number of aliphatic carboxylic acids is 2. The zero-order valence-electron chi connectivity index (χ0n) is 17.0. The molecule has 2 aliphatic rings. The number of carbonyl (C=O) groups is 2. The molecule has 1 atom stereocenters. The molecule has 0 radical (unpaired) electrons. The average Bonchev–Trinajstić information content (AvgIpc) is 2.87. The fourth-order valence-corrected chi connectivity index (χ4v) is 3.48. The third kappa shape index (κ3) is 7.07. The van der Waals surface area contributed by atoms with Gasteiger partial charge in [-0.3, -0.25) is 0 Å². The van der Waals surface area contributed by atoms with Gasteiger partial charge in [-0.25, -0.2) is 9.59 Å². The van der Waals surface area contributed by atoms with Crippen molar-refractivity contribution >= 4 is 17.6 Å². The maximum Gasteiger partial charge on any atom is 0.328 e. The Hall–Kier alpha value is -2.58. The second-order valence-electron chi connectivity index (χ2n) is 7.07. The van der Waals surface area contributed by atoms with Crippen molar-refractivity contribution in [3.63, 3.8) is 0 Å². The summed E-state index contributed by atoms with van der Waals surface area (Å²) in [5, 5.41) is 19.1. The van der Waals surface area contributed by atoms with Gasteiger partial charge in [-0.05, 0) is 48.6 Å². The van der Waals surface area contributed by atoms with Gasteiger partial charge in [0.25, 0.3) is 0 Å². The van der Waals surface area contributed by atoms with E-state index in [9.17, 15) is 9.59 Å². The fraction of sp³-hybridized carbons (Fsp3) is 0.524. The van der Waals surface area contributed by atoms with Gasteiger partial charge in [0.05, 0.1) is 12.2 Å². The Morgan fingerprint density at radius 1 is 1.31 bits per heavy atom. The van der Waals surface area contributed by atoms with Crippen molar-refractivity contribution in [1.82, 2.24) is 5.32 Å². The summed E-state index contributed by atoms with van der Waals surface area (Å²) in [6, 6.07) is 4.64. The quantitative estimate of drug-likeness (QED) is 0.485. The molecule has 0 aromatic heterocycles. The molecule has 0 saturated heterocycles. The zero-order valence-corrected chi connectivity index (χ0v) is 17.0. The third-order valence-electron chi connectivity index (χ3n) is 4.88. The fourth-order valence-electron chi connectivity index (χ4n) is 3.48. The highest BCUT2D eigenvalue weighted by Gasteiger charge is 2.23. The molecular formula is C21H30N2O6. The molecule has 160 valence electrons. The monoisotopic (exact) mass is 406 g/mol. The summed E-state index contributed by atoms with van der Waals surface area (Å²) >= 11 is 0. The van der Waals surface area contributed by atoms with Crippen molar-refractivity contribution in [3.8, 4) is 5.75 Å². The molecule has 1 aromatic rings. The van der Waals surface area contributed by atoms with Crippen LogP contribution in [0.4, 0.5) is 5.69 Å². The first-order valence-corrected chi connectivity index (χ1v) is 9.80. The number of benzene rings is 1. The zero-order chi connectivity index (χ0) is 21.2. The van der Waals surface area contributed by atoms with Gasteiger partial charge in [0.15, 0.2) is 0 Å². The second-order valence-corrected chi connectivity index (χ2v) is 7.07. The number of carboxylic acid groups (broad SMARTS) is 2. The van der Waals surface area contributed by atoms with Crippen LogP contribution in [0.2, 0.25) is 0 Å². The molecule has 0 amide bonds. The number of rotatable bonds is 6. The third-order valence-corrected chi connectivity index (χ3v) is 4.88. The Morgan fingerprint density at radius 3 is 2.69 bits per heavy atom. The molecular weight excluding hydrogens is 376 g/mol. The first-order valence-electron chi connectivity index (χ1n) is 9.80. The van der Waals surface area contributed by atoms with Gasteiger partial charge in [0.2, 0.25) is 0 Å². The number of hydrogen-bond acceptors (Lipinski definition) is 6. The van der Waals surface area contributed by atoms with Crippen molar-refractivity contribution in [3.05, 3.63) is 35.4 Å². The van der Waals surface area contributed by atoms with Gasteiger partial charge in [0.1, 0.15) is 12.4 Å². The summed E-state index contributed by atoms with van der Waals surface area (Å²) in [5.41, 5.74) is 4.20. The molecule has 3 rings (SSSR count). The van der Waals surface area contributed by atoms with Gasteiger partial charge in [-0.1, -0.05) is 6.92 Å². The molecule has 1 unspecified atom stereocenters. The molecule has 29 heavy (non-hydrogen) atoms. The molecule has 3 N–H and O–H groups in total. The van der Waals surface area contributed by atoms with Crippen LogP contribution in [0.25, 0.3) is 0 Å². The van der Waals surface area contributed by atoms with E-state index in [4.69, 9.17) is 19.7 Å². The first kappa shape index (κ1) is 22.7. The van der Waals surface area contributed by atoms with Crippen molar-refractivity contribution in [2.45, 2.75) is 25.7 Å². The van der Waals surface area contributed by atoms with Crippen LogP contribution in [0.1, 0.15) is 30.4 Å². The summed E-state index contributed by atoms with van der Waals surface area (Å²) in [4.78, 5) is 21.6. The Kier molecular flexibility index (Phi) is 8.95. The minimum atomic E-state index is -1.26. The Bertz CT molecular complexity index is 718. The number of carboxylic acids is 2. The summed E-state index contributed by atoms with van der Waals surface area (Å²) in [5.74, 6) is -0.887. The van der Waals surface area contributed by atoms with Crippen molar-refractivity contribution in [2.75, 3.05) is 51.4 Å². The van der Waals surface area contributed by atoms with Gasteiger partial charge in [-0.15, -0.1) is 0 Å². The van der Waals surface area contributed by atoms with E-state index >= 15 is 0 Å². The molecule has 2 heterocycles. The predicted octanol–water partition coefficient (Wildman–Crippen LogP) is 1.88. The number of methoxy groups -OCH3 is 1. The minimum absolute atomic E-state index is 0.558. The van der Waals surface area contributed by atoms with E-state index in [1.54, 1.807) is 7.11 Å². The SMILES string of the molecule is COCCCN1CCOc2cc3c(cc21)C(C)CNCC3.O=C(O)/C=C/C(=O)O. The standard InChI is InChI=1S/C17H26N2O2.C4H4O4/c1-13-12-18-5-4-14-10-17-16(11-15(13)14)19(7-9-21-17)6-3-8-20-2;5-3(6)1-2-4(7)8/h10-11,13,18H,3-9,12H2,1-2H3;1-2H,(H,5,6)(H,7,8)/b;2-1+. The van der Waals surface area contributed by atoms with E-state index in [0.29, 0.717) is 18.1 Å². The van der Waals surface area contributed by atoms with Crippen LogP contribution in [0.15, 0.2) is 24.3 Å².